The number of benzene rings is 1. The Morgan fingerprint density at radius 1 is 0.895 bits per heavy atom. The van der Waals surface area contributed by atoms with Crippen molar-refractivity contribution >= 4 is 0 Å². The molecule has 2 aromatic heterocycles. The molecule has 3 rings (SSSR count). The Hall–Kier alpha value is -2.89. The molecule has 19 heavy (non-hydrogen) atoms. The smallest absolute Gasteiger partial charge is 0.278 e. The summed E-state index contributed by atoms with van der Waals surface area (Å²) in [4.78, 5) is 14.7. The molecule has 6 nitrogen and oxygen atoms in total. The van der Waals surface area contributed by atoms with Gasteiger partial charge in [0.1, 0.15) is 0 Å². The maximum Gasteiger partial charge on any atom is 0.278 e. The van der Waals surface area contributed by atoms with Gasteiger partial charge in [0.05, 0.1) is 12.4 Å². The van der Waals surface area contributed by atoms with Crippen molar-refractivity contribution in [2.75, 3.05) is 0 Å². The highest BCUT2D eigenvalue weighted by molar-refractivity contribution is 5.59. The number of H-pyrrole nitrogens is 1. The summed E-state index contributed by atoms with van der Waals surface area (Å²) in [6.07, 6.45) is 3.04. The maximum absolute atomic E-state index is 12.0. The van der Waals surface area contributed by atoms with E-state index in [-0.39, 0.29) is 5.56 Å². The third kappa shape index (κ3) is 2.23. The van der Waals surface area contributed by atoms with Crippen LogP contribution in [0.15, 0.2) is 53.6 Å². The van der Waals surface area contributed by atoms with Crippen LogP contribution in [0, 0.1) is 0 Å². The molecular weight excluding hydrogens is 242 g/mol. The van der Waals surface area contributed by atoms with Gasteiger partial charge in [-0.15, -0.1) is 10.2 Å². The highest BCUT2D eigenvalue weighted by atomic mass is 16.1. The van der Waals surface area contributed by atoms with Gasteiger partial charge in [0.25, 0.3) is 5.56 Å². The van der Waals surface area contributed by atoms with Crippen molar-refractivity contribution in [2.24, 2.45) is 0 Å². The number of nitrogens with zero attached hydrogens (tertiary/aromatic N) is 4. The van der Waals surface area contributed by atoms with E-state index in [2.05, 4.69) is 25.4 Å². The normalized spacial score (nSPS) is 10.3. The van der Waals surface area contributed by atoms with E-state index < -0.39 is 0 Å². The molecule has 0 spiro atoms. The molecule has 0 aliphatic heterocycles. The van der Waals surface area contributed by atoms with Gasteiger partial charge >= 0.3 is 0 Å². The molecule has 0 radical (unpaired) electrons. The molecule has 0 aliphatic rings. The molecule has 0 saturated carbocycles. The molecule has 0 aliphatic carbocycles. The van der Waals surface area contributed by atoms with E-state index in [1.54, 1.807) is 6.07 Å². The Balaban J connectivity index is 2.07. The van der Waals surface area contributed by atoms with Crippen LogP contribution in [0.3, 0.4) is 0 Å². The molecule has 0 unspecified atom stereocenters. The van der Waals surface area contributed by atoms with Gasteiger partial charge in [-0.3, -0.25) is 4.79 Å². The van der Waals surface area contributed by atoms with Gasteiger partial charge in [-0.2, -0.15) is 10.2 Å². The van der Waals surface area contributed by atoms with Crippen LogP contribution in [0.4, 0.5) is 0 Å². The van der Waals surface area contributed by atoms with E-state index in [9.17, 15) is 4.79 Å². The largest absolute Gasteiger partial charge is 0.303 e. The van der Waals surface area contributed by atoms with Crippen LogP contribution in [0.2, 0.25) is 0 Å². The summed E-state index contributed by atoms with van der Waals surface area (Å²) < 4.78 is 0. The summed E-state index contributed by atoms with van der Waals surface area (Å²) in [6, 6.07) is 10.9. The number of rotatable bonds is 2. The average molecular weight is 251 g/mol. The Bertz CT molecular complexity index is 740. The van der Waals surface area contributed by atoms with Gasteiger partial charge in [0.2, 0.25) is 0 Å². The molecule has 3 aromatic rings. The summed E-state index contributed by atoms with van der Waals surface area (Å²) >= 11 is 0. The fourth-order valence-corrected chi connectivity index (χ4v) is 1.68. The molecule has 1 aromatic carbocycles. The monoisotopic (exact) mass is 251 g/mol. The first-order chi connectivity index (χ1) is 9.34. The van der Waals surface area contributed by atoms with Crippen LogP contribution in [0.5, 0.6) is 0 Å². The summed E-state index contributed by atoms with van der Waals surface area (Å²) in [7, 11) is 0. The number of hydrogen-bond acceptors (Lipinski definition) is 5. The van der Waals surface area contributed by atoms with Gasteiger partial charge in [0.15, 0.2) is 11.5 Å². The third-order valence-electron chi connectivity index (χ3n) is 2.60. The molecule has 0 bridgehead atoms. The second-order valence-electron chi connectivity index (χ2n) is 3.85. The molecule has 0 fully saturated rings. The first kappa shape index (κ1) is 11.2. The molecular formula is C13H9N5O. The molecule has 6 heteroatoms. The number of aromatic amines is 1. The highest BCUT2D eigenvalue weighted by Crippen LogP contribution is 2.13. The van der Waals surface area contributed by atoms with E-state index in [0.29, 0.717) is 17.1 Å². The van der Waals surface area contributed by atoms with Crippen molar-refractivity contribution in [1.82, 2.24) is 25.4 Å². The lowest BCUT2D eigenvalue weighted by Crippen LogP contribution is -2.14. The molecule has 2 heterocycles. The summed E-state index contributed by atoms with van der Waals surface area (Å²) in [6.45, 7) is 0. The molecule has 1 N–H and O–H groups in total. The van der Waals surface area contributed by atoms with Crippen LogP contribution < -0.4 is 5.56 Å². The van der Waals surface area contributed by atoms with Crippen LogP contribution >= 0.6 is 0 Å². The predicted octanol–water partition coefficient (Wildman–Crippen LogP) is 1.29. The van der Waals surface area contributed by atoms with E-state index in [1.165, 1.54) is 12.4 Å². The minimum atomic E-state index is -0.284. The fourth-order valence-electron chi connectivity index (χ4n) is 1.68. The summed E-state index contributed by atoms with van der Waals surface area (Å²) in [5.74, 6) is 0.375. The minimum Gasteiger partial charge on any atom is -0.303 e. The molecule has 0 saturated heterocycles. The quantitative estimate of drug-likeness (QED) is 0.741. The molecule has 0 atom stereocenters. The maximum atomic E-state index is 12.0. The Kier molecular flexibility index (Phi) is 2.82. The van der Waals surface area contributed by atoms with E-state index in [1.807, 2.05) is 30.3 Å². The first-order valence-corrected chi connectivity index (χ1v) is 5.64. The highest BCUT2D eigenvalue weighted by Gasteiger charge is 2.08. The lowest BCUT2D eigenvalue weighted by molar-refractivity contribution is 0.952. The lowest BCUT2D eigenvalue weighted by Gasteiger charge is -2.01. The van der Waals surface area contributed by atoms with Crippen molar-refractivity contribution in [3.05, 3.63) is 59.1 Å². The van der Waals surface area contributed by atoms with Crippen molar-refractivity contribution in [1.29, 1.82) is 0 Å². The fraction of sp³-hybridized carbons (Fsp3) is 0. The summed E-state index contributed by atoms with van der Waals surface area (Å²) in [5.41, 5.74) is 1.41. The average Bonchev–Trinajstić information content (AvgIpc) is 2.49. The zero-order valence-electron chi connectivity index (χ0n) is 9.82. The van der Waals surface area contributed by atoms with Gasteiger partial charge in [-0.05, 0) is 6.07 Å². The second kappa shape index (κ2) is 4.77. The zero-order chi connectivity index (χ0) is 13.1. The van der Waals surface area contributed by atoms with Crippen LogP contribution in [0.1, 0.15) is 0 Å². The number of aromatic nitrogens is 5. The minimum absolute atomic E-state index is 0.284. The van der Waals surface area contributed by atoms with Gasteiger partial charge in [0, 0.05) is 11.1 Å². The predicted molar refractivity (Wildman–Crippen MR) is 69.1 cm³/mol. The summed E-state index contributed by atoms with van der Waals surface area (Å²) in [5, 5.41) is 15.4. The number of hydrogen-bond donors (Lipinski definition) is 1. The SMILES string of the molecule is O=c1[nH]c(-c2ccnnc2)nnc1-c1ccccc1. The van der Waals surface area contributed by atoms with Crippen LogP contribution in [-0.2, 0) is 0 Å². The molecule has 92 valence electrons. The third-order valence-corrected chi connectivity index (χ3v) is 2.60. The van der Waals surface area contributed by atoms with Crippen LogP contribution in [-0.4, -0.2) is 25.4 Å². The van der Waals surface area contributed by atoms with E-state index in [0.717, 1.165) is 5.56 Å². The topological polar surface area (TPSA) is 84.4 Å². The van der Waals surface area contributed by atoms with Crippen molar-refractivity contribution in [2.45, 2.75) is 0 Å². The van der Waals surface area contributed by atoms with Crippen molar-refractivity contribution < 1.29 is 0 Å². The van der Waals surface area contributed by atoms with Gasteiger partial charge < -0.3 is 4.98 Å². The Labute approximate surface area is 108 Å². The Morgan fingerprint density at radius 2 is 1.74 bits per heavy atom. The zero-order valence-corrected chi connectivity index (χ0v) is 9.82. The van der Waals surface area contributed by atoms with Gasteiger partial charge in [-0.25, -0.2) is 0 Å². The second-order valence-corrected chi connectivity index (χ2v) is 3.85. The van der Waals surface area contributed by atoms with Gasteiger partial charge in [-0.1, -0.05) is 30.3 Å². The lowest BCUT2D eigenvalue weighted by atomic mass is 10.2. The first-order valence-electron chi connectivity index (χ1n) is 5.64. The Morgan fingerprint density at radius 3 is 2.42 bits per heavy atom. The van der Waals surface area contributed by atoms with E-state index in [4.69, 9.17) is 0 Å². The molecule has 0 amide bonds. The van der Waals surface area contributed by atoms with Crippen LogP contribution in [0.25, 0.3) is 22.6 Å². The van der Waals surface area contributed by atoms with E-state index >= 15 is 0 Å². The van der Waals surface area contributed by atoms with Crippen molar-refractivity contribution in [3.8, 4) is 22.6 Å². The number of nitrogens with one attached hydrogen (secondary N) is 1. The standard InChI is InChI=1S/C13H9N5O/c19-13-11(9-4-2-1-3-5-9)17-18-12(16-13)10-6-7-14-15-8-10/h1-8H,(H,16,18,19). The van der Waals surface area contributed by atoms with Crippen molar-refractivity contribution in [3.63, 3.8) is 0 Å².